The van der Waals surface area contributed by atoms with Crippen molar-refractivity contribution in [3.63, 3.8) is 0 Å². The van der Waals surface area contributed by atoms with Crippen LogP contribution in [0, 0.1) is 0 Å². The highest BCUT2D eigenvalue weighted by molar-refractivity contribution is 7.89. The molecule has 0 aliphatic carbocycles. The molecule has 4 N–H and O–H groups in total. The maximum absolute atomic E-state index is 11.7. The lowest BCUT2D eigenvalue weighted by Gasteiger charge is -2.12. The second-order valence-corrected chi connectivity index (χ2v) is 4.67. The first-order valence-electron chi connectivity index (χ1n) is 4.08. The summed E-state index contributed by atoms with van der Waals surface area (Å²) in [6, 6.07) is 2.72. The zero-order chi connectivity index (χ0) is 11.5. The maximum Gasteiger partial charge on any atom is 0.253 e. The van der Waals surface area contributed by atoms with E-state index in [9.17, 15) is 8.42 Å². The topological polar surface area (TPSA) is 100 Å². The van der Waals surface area contributed by atoms with Crippen LogP contribution in [0.3, 0.4) is 0 Å². The molecule has 1 aromatic heterocycles. The van der Waals surface area contributed by atoms with Gasteiger partial charge >= 0.3 is 0 Å². The molecule has 7 nitrogen and oxygen atoms in total. The maximum atomic E-state index is 11.7. The van der Waals surface area contributed by atoms with Crippen LogP contribution in [0.15, 0.2) is 23.2 Å². The van der Waals surface area contributed by atoms with Gasteiger partial charge in [0, 0.05) is 26.4 Å². The van der Waals surface area contributed by atoms with Crippen LogP contribution in [0.1, 0.15) is 0 Å². The molecular formula is C7H13N5O2S. The van der Waals surface area contributed by atoms with Crippen LogP contribution in [0.5, 0.6) is 0 Å². The Morgan fingerprint density at radius 2 is 2.13 bits per heavy atom. The number of aromatic nitrogens is 1. The first-order chi connectivity index (χ1) is 6.95. The third-order valence-corrected chi connectivity index (χ3v) is 2.97. The zero-order valence-corrected chi connectivity index (χ0v) is 9.25. The molecule has 0 spiro atoms. The van der Waals surface area contributed by atoms with Gasteiger partial charge < -0.3 is 5.43 Å². The fourth-order valence-electron chi connectivity index (χ4n) is 0.950. The van der Waals surface area contributed by atoms with Crippen molar-refractivity contribution in [2.75, 3.05) is 19.5 Å². The molecule has 0 unspecified atom stereocenters. The zero-order valence-electron chi connectivity index (χ0n) is 8.43. The van der Waals surface area contributed by atoms with Gasteiger partial charge in [0.15, 0.2) is 0 Å². The molecule has 1 rings (SSSR count). The normalized spacial score (nSPS) is 11.7. The third-order valence-electron chi connectivity index (χ3n) is 1.49. The number of hydrogen-bond donors (Lipinski definition) is 3. The quantitative estimate of drug-likeness (QED) is 0.459. The molecule has 0 radical (unpaired) electrons. The largest absolute Gasteiger partial charge is 0.308 e. The molecule has 0 aliphatic heterocycles. The van der Waals surface area contributed by atoms with E-state index in [1.807, 2.05) is 0 Å². The van der Waals surface area contributed by atoms with Crippen molar-refractivity contribution in [2.24, 2.45) is 5.84 Å². The molecule has 84 valence electrons. The summed E-state index contributed by atoms with van der Waals surface area (Å²) in [7, 11) is -0.383. The predicted molar refractivity (Wildman–Crippen MR) is 56.1 cm³/mol. The number of nitrogens with two attached hydrogens (primary N) is 1. The van der Waals surface area contributed by atoms with Gasteiger partial charge in [-0.05, 0) is 6.07 Å². The molecule has 8 heteroatoms. The molecule has 1 aromatic rings. The van der Waals surface area contributed by atoms with Gasteiger partial charge in [-0.25, -0.2) is 24.3 Å². The summed E-state index contributed by atoms with van der Waals surface area (Å²) < 4.78 is 23.3. The van der Waals surface area contributed by atoms with E-state index in [4.69, 9.17) is 5.84 Å². The number of nitrogens with zero attached hydrogens (tertiary/aromatic N) is 2. The van der Waals surface area contributed by atoms with E-state index in [2.05, 4.69) is 15.2 Å². The Balaban J connectivity index is 3.04. The van der Waals surface area contributed by atoms with Crippen LogP contribution in [0.2, 0.25) is 0 Å². The summed E-state index contributed by atoms with van der Waals surface area (Å²) in [6.45, 7) is 0. The monoisotopic (exact) mass is 231 g/mol. The fraction of sp³-hybridized carbons (Fsp3) is 0.286. The Labute approximate surface area is 88.3 Å². The van der Waals surface area contributed by atoms with Gasteiger partial charge in [0.05, 0.1) is 4.90 Å². The van der Waals surface area contributed by atoms with E-state index in [0.717, 1.165) is 0 Å². The Bertz CT molecular complexity index is 431. The van der Waals surface area contributed by atoms with Crippen LogP contribution in [0.25, 0.3) is 0 Å². The number of sulfonamides is 1. The van der Waals surface area contributed by atoms with Crippen LogP contribution < -0.4 is 16.1 Å². The summed E-state index contributed by atoms with van der Waals surface area (Å²) in [4.78, 5) is 6.20. The van der Waals surface area contributed by atoms with Crippen molar-refractivity contribution >= 4 is 15.8 Å². The van der Waals surface area contributed by atoms with E-state index in [1.165, 1.54) is 23.3 Å². The Hall–Kier alpha value is -1.22. The number of anilines is 1. The highest BCUT2D eigenvalue weighted by atomic mass is 32.2. The molecule has 0 amide bonds. The molecule has 0 atom stereocenters. The number of hydrazine groups is 2. The Kier molecular flexibility index (Phi) is 3.58. The Morgan fingerprint density at radius 1 is 1.47 bits per heavy atom. The SMILES string of the molecule is CN(C)NS(=O)(=O)c1ccnc(NN)c1. The van der Waals surface area contributed by atoms with Gasteiger partial charge in [0.25, 0.3) is 10.0 Å². The number of pyridine rings is 1. The van der Waals surface area contributed by atoms with Gasteiger partial charge in [0.2, 0.25) is 0 Å². The van der Waals surface area contributed by atoms with Crippen molar-refractivity contribution < 1.29 is 8.42 Å². The predicted octanol–water partition coefficient (Wildman–Crippen LogP) is -0.878. The van der Waals surface area contributed by atoms with Crippen LogP contribution in [-0.4, -0.2) is 32.5 Å². The molecule has 1 heterocycles. The van der Waals surface area contributed by atoms with Crippen LogP contribution >= 0.6 is 0 Å². The second-order valence-electron chi connectivity index (χ2n) is 3.01. The van der Waals surface area contributed by atoms with Crippen molar-refractivity contribution in [1.29, 1.82) is 0 Å². The van der Waals surface area contributed by atoms with Crippen LogP contribution in [-0.2, 0) is 10.0 Å². The second kappa shape index (κ2) is 4.53. The van der Waals surface area contributed by atoms with E-state index < -0.39 is 10.0 Å². The number of nitrogen functional groups attached to an aromatic ring is 1. The summed E-state index contributed by atoms with van der Waals surface area (Å²) in [5, 5.41) is 1.34. The van der Waals surface area contributed by atoms with E-state index in [0.29, 0.717) is 0 Å². The third kappa shape index (κ3) is 3.13. The minimum absolute atomic E-state index is 0.0964. The lowest BCUT2D eigenvalue weighted by molar-refractivity contribution is 0.364. The van der Waals surface area contributed by atoms with Gasteiger partial charge in [-0.15, -0.1) is 4.83 Å². The molecule has 0 fully saturated rings. The average molecular weight is 231 g/mol. The van der Waals surface area contributed by atoms with Crippen LogP contribution in [0.4, 0.5) is 5.82 Å². The first-order valence-corrected chi connectivity index (χ1v) is 5.56. The standard InChI is InChI=1S/C7H13N5O2S/c1-12(2)11-15(13,14)6-3-4-9-7(5-6)10-8/h3-5,11H,8H2,1-2H3,(H,9,10). The molecular weight excluding hydrogens is 218 g/mol. The van der Waals surface area contributed by atoms with Gasteiger partial charge in [-0.2, -0.15) is 0 Å². The highest BCUT2D eigenvalue weighted by Gasteiger charge is 2.15. The molecule has 0 aliphatic rings. The molecule has 0 saturated carbocycles. The minimum Gasteiger partial charge on any atom is -0.308 e. The lowest BCUT2D eigenvalue weighted by Crippen LogP contribution is -2.36. The summed E-state index contributed by atoms with van der Waals surface area (Å²) in [5.41, 5.74) is 2.28. The average Bonchev–Trinajstić information content (AvgIpc) is 2.16. The lowest BCUT2D eigenvalue weighted by atomic mass is 10.5. The molecule has 0 aromatic carbocycles. The number of rotatable bonds is 4. The summed E-state index contributed by atoms with van der Waals surface area (Å²) in [5.74, 6) is 5.41. The molecule has 15 heavy (non-hydrogen) atoms. The van der Waals surface area contributed by atoms with Crippen molar-refractivity contribution in [1.82, 2.24) is 14.8 Å². The van der Waals surface area contributed by atoms with Crippen molar-refractivity contribution in [3.8, 4) is 0 Å². The fourth-order valence-corrected chi connectivity index (χ4v) is 2.04. The molecule has 0 bridgehead atoms. The minimum atomic E-state index is -3.55. The van der Waals surface area contributed by atoms with E-state index >= 15 is 0 Å². The first kappa shape index (κ1) is 11.9. The van der Waals surface area contributed by atoms with Gasteiger partial charge in [-0.3, -0.25) is 0 Å². The summed E-state index contributed by atoms with van der Waals surface area (Å²) >= 11 is 0. The smallest absolute Gasteiger partial charge is 0.253 e. The number of nitrogens with one attached hydrogen (secondary N) is 2. The Morgan fingerprint density at radius 3 is 2.67 bits per heavy atom. The van der Waals surface area contributed by atoms with E-state index in [1.54, 1.807) is 14.1 Å². The van der Waals surface area contributed by atoms with E-state index in [-0.39, 0.29) is 10.7 Å². The van der Waals surface area contributed by atoms with Gasteiger partial charge in [0.1, 0.15) is 5.82 Å². The highest BCUT2D eigenvalue weighted by Crippen LogP contribution is 2.11. The molecule has 0 saturated heterocycles. The van der Waals surface area contributed by atoms with Crippen molar-refractivity contribution in [2.45, 2.75) is 4.90 Å². The summed E-state index contributed by atoms with van der Waals surface area (Å²) in [6.07, 6.45) is 1.36. The van der Waals surface area contributed by atoms with Gasteiger partial charge in [-0.1, -0.05) is 0 Å². The number of hydrogen-bond acceptors (Lipinski definition) is 6. The van der Waals surface area contributed by atoms with Crippen molar-refractivity contribution in [3.05, 3.63) is 18.3 Å².